The summed E-state index contributed by atoms with van der Waals surface area (Å²) in [5.74, 6) is 5.77. The molecule has 0 bridgehead atoms. The Hall–Kier alpha value is -0.910. The molecule has 0 aliphatic carbocycles. The van der Waals surface area contributed by atoms with Gasteiger partial charge in [-0.05, 0) is 37.8 Å². The lowest BCUT2D eigenvalue weighted by Gasteiger charge is -2.18. The minimum absolute atomic E-state index is 0.00681. The summed E-state index contributed by atoms with van der Waals surface area (Å²) in [4.78, 5) is 0. The Morgan fingerprint density at radius 2 is 2.00 bits per heavy atom. The molecule has 102 valence electrons. The minimum Gasteiger partial charge on any atom is -0.271 e. The molecule has 0 saturated heterocycles. The molecule has 0 aliphatic rings. The van der Waals surface area contributed by atoms with Crippen LogP contribution in [-0.2, 0) is 9.84 Å². The van der Waals surface area contributed by atoms with Gasteiger partial charge in [0.15, 0.2) is 0 Å². The molecule has 1 aromatic rings. The van der Waals surface area contributed by atoms with Crippen molar-refractivity contribution >= 4 is 9.84 Å². The van der Waals surface area contributed by atoms with E-state index in [1.165, 1.54) is 17.4 Å². The lowest BCUT2D eigenvalue weighted by atomic mass is 9.97. The Balaban J connectivity index is 2.71. The Morgan fingerprint density at radius 1 is 1.33 bits per heavy atom. The molecule has 0 radical (unpaired) electrons. The Labute approximate surface area is 109 Å². The van der Waals surface area contributed by atoms with Crippen LogP contribution in [0.4, 0.5) is 0 Å². The third kappa shape index (κ3) is 4.76. The molecule has 1 atom stereocenters. The van der Waals surface area contributed by atoms with Gasteiger partial charge in [-0.3, -0.25) is 11.3 Å². The van der Waals surface area contributed by atoms with Crippen LogP contribution in [0.1, 0.15) is 35.6 Å². The van der Waals surface area contributed by atoms with Crippen molar-refractivity contribution in [3.8, 4) is 0 Å². The average molecular weight is 270 g/mol. The largest absolute Gasteiger partial charge is 0.271 e. The first-order valence-corrected chi connectivity index (χ1v) is 8.10. The van der Waals surface area contributed by atoms with Crippen LogP contribution in [0.3, 0.4) is 0 Å². The summed E-state index contributed by atoms with van der Waals surface area (Å²) >= 11 is 0. The van der Waals surface area contributed by atoms with Gasteiger partial charge in [-0.1, -0.05) is 23.8 Å². The van der Waals surface area contributed by atoms with Gasteiger partial charge in [0.25, 0.3) is 0 Å². The van der Waals surface area contributed by atoms with Crippen molar-refractivity contribution in [1.82, 2.24) is 5.43 Å². The predicted molar refractivity (Wildman–Crippen MR) is 74.9 cm³/mol. The van der Waals surface area contributed by atoms with Gasteiger partial charge in [0.1, 0.15) is 9.84 Å². The topological polar surface area (TPSA) is 72.2 Å². The summed E-state index contributed by atoms with van der Waals surface area (Å²) in [5, 5.41) is 0. The van der Waals surface area contributed by atoms with Crippen LogP contribution in [0.15, 0.2) is 18.2 Å². The summed E-state index contributed by atoms with van der Waals surface area (Å²) in [6.07, 6.45) is 2.59. The highest BCUT2D eigenvalue weighted by molar-refractivity contribution is 7.90. The molecule has 18 heavy (non-hydrogen) atoms. The summed E-state index contributed by atoms with van der Waals surface area (Å²) in [6.45, 7) is 4.09. The summed E-state index contributed by atoms with van der Waals surface area (Å²) in [6, 6.07) is 6.21. The van der Waals surface area contributed by atoms with Crippen LogP contribution in [0, 0.1) is 13.8 Å². The van der Waals surface area contributed by atoms with Crippen LogP contribution < -0.4 is 11.3 Å². The van der Waals surface area contributed by atoms with Crippen LogP contribution in [-0.4, -0.2) is 20.4 Å². The summed E-state index contributed by atoms with van der Waals surface area (Å²) < 4.78 is 22.2. The number of rotatable bonds is 6. The van der Waals surface area contributed by atoms with E-state index < -0.39 is 9.84 Å². The maximum atomic E-state index is 11.1. The van der Waals surface area contributed by atoms with E-state index in [0.29, 0.717) is 12.8 Å². The van der Waals surface area contributed by atoms with Crippen LogP contribution in [0.25, 0.3) is 0 Å². The number of hydrazine groups is 1. The fourth-order valence-corrected chi connectivity index (χ4v) is 2.79. The smallest absolute Gasteiger partial charge is 0.147 e. The molecule has 0 saturated carbocycles. The van der Waals surface area contributed by atoms with E-state index >= 15 is 0 Å². The van der Waals surface area contributed by atoms with Gasteiger partial charge in [0.2, 0.25) is 0 Å². The Bertz CT molecular complexity index is 498. The number of hydrogen-bond acceptors (Lipinski definition) is 4. The van der Waals surface area contributed by atoms with Crippen molar-refractivity contribution in [2.75, 3.05) is 12.0 Å². The SMILES string of the molecule is Cc1ccc(C(CCCS(C)(=O)=O)NN)c(C)c1. The van der Waals surface area contributed by atoms with Crippen LogP contribution >= 0.6 is 0 Å². The number of nitrogens with one attached hydrogen (secondary N) is 1. The molecule has 0 aromatic heterocycles. The molecule has 0 aliphatic heterocycles. The molecule has 1 aromatic carbocycles. The molecule has 3 N–H and O–H groups in total. The molecule has 0 fully saturated rings. The molecule has 0 spiro atoms. The van der Waals surface area contributed by atoms with Gasteiger partial charge in [-0.25, -0.2) is 8.42 Å². The number of hydrogen-bond donors (Lipinski definition) is 2. The van der Waals surface area contributed by atoms with Gasteiger partial charge in [-0.2, -0.15) is 0 Å². The van der Waals surface area contributed by atoms with Gasteiger partial charge < -0.3 is 0 Å². The minimum atomic E-state index is -2.90. The second-order valence-electron chi connectivity index (χ2n) is 4.85. The van der Waals surface area contributed by atoms with E-state index in [1.54, 1.807) is 0 Å². The number of benzene rings is 1. The third-order valence-electron chi connectivity index (χ3n) is 3.01. The highest BCUT2D eigenvalue weighted by atomic mass is 32.2. The zero-order valence-electron chi connectivity index (χ0n) is 11.2. The fourth-order valence-electron chi connectivity index (χ4n) is 2.09. The van der Waals surface area contributed by atoms with Crippen molar-refractivity contribution in [3.05, 3.63) is 34.9 Å². The zero-order valence-corrected chi connectivity index (χ0v) is 12.0. The van der Waals surface area contributed by atoms with E-state index in [1.807, 2.05) is 19.9 Å². The quantitative estimate of drug-likeness (QED) is 0.609. The van der Waals surface area contributed by atoms with Crippen molar-refractivity contribution in [3.63, 3.8) is 0 Å². The molecule has 1 unspecified atom stereocenters. The van der Waals surface area contributed by atoms with Crippen LogP contribution in [0.2, 0.25) is 0 Å². The molecule has 5 heteroatoms. The number of aryl methyl sites for hydroxylation is 2. The van der Waals surface area contributed by atoms with Gasteiger partial charge in [0, 0.05) is 18.1 Å². The number of sulfone groups is 1. The lowest BCUT2D eigenvalue weighted by Crippen LogP contribution is -2.29. The van der Waals surface area contributed by atoms with Crippen molar-refractivity contribution in [1.29, 1.82) is 0 Å². The lowest BCUT2D eigenvalue weighted by molar-refractivity contribution is 0.505. The van der Waals surface area contributed by atoms with E-state index in [9.17, 15) is 8.42 Å². The molecule has 4 nitrogen and oxygen atoms in total. The van der Waals surface area contributed by atoms with Gasteiger partial charge in [0.05, 0.1) is 0 Å². The zero-order chi connectivity index (χ0) is 13.8. The monoisotopic (exact) mass is 270 g/mol. The molecular weight excluding hydrogens is 248 g/mol. The average Bonchev–Trinajstić information content (AvgIpc) is 2.24. The van der Waals surface area contributed by atoms with E-state index in [4.69, 9.17) is 5.84 Å². The normalized spacial score (nSPS) is 13.6. The first-order valence-electron chi connectivity index (χ1n) is 6.04. The highest BCUT2D eigenvalue weighted by Gasteiger charge is 2.13. The van der Waals surface area contributed by atoms with Gasteiger partial charge in [-0.15, -0.1) is 0 Å². The van der Waals surface area contributed by atoms with E-state index in [0.717, 1.165) is 5.56 Å². The van der Waals surface area contributed by atoms with Crippen molar-refractivity contribution in [2.45, 2.75) is 32.7 Å². The molecule has 0 heterocycles. The molecule has 0 amide bonds. The summed E-state index contributed by atoms with van der Waals surface area (Å²) in [5.41, 5.74) is 6.30. The molecule has 1 rings (SSSR count). The highest BCUT2D eigenvalue weighted by Crippen LogP contribution is 2.22. The van der Waals surface area contributed by atoms with E-state index in [-0.39, 0.29) is 11.8 Å². The van der Waals surface area contributed by atoms with Crippen LogP contribution in [0.5, 0.6) is 0 Å². The standard InChI is InChI=1S/C13H22N2O2S/c1-10-6-7-12(11(2)9-10)13(15-14)5-4-8-18(3,16)17/h6-7,9,13,15H,4-5,8,14H2,1-3H3. The first-order chi connectivity index (χ1) is 8.33. The fraction of sp³-hybridized carbons (Fsp3) is 0.538. The first kappa shape index (κ1) is 15.1. The second-order valence-corrected chi connectivity index (χ2v) is 7.11. The maximum absolute atomic E-state index is 11.1. The Kier molecular flexibility index (Phi) is 5.31. The van der Waals surface area contributed by atoms with Crippen molar-refractivity contribution < 1.29 is 8.42 Å². The maximum Gasteiger partial charge on any atom is 0.147 e. The van der Waals surface area contributed by atoms with Crippen molar-refractivity contribution in [2.24, 2.45) is 5.84 Å². The molecular formula is C13H22N2O2S. The Morgan fingerprint density at radius 3 is 2.50 bits per heavy atom. The summed E-state index contributed by atoms with van der Waals surface area (Å²) in [7, 11) is -2.90. The van der Waals surface area contributed by atoms with Gasteiger partial charge >= 0.3 is 0 Å². The number of nitrogens with two attached hydrogens (primary N) is 1. The third-order valence-corrected chi connectivity index (χ3v) is 4.04. The predicted octanol–water partition coefficient (Wildman–Crippen LogP) is 1.63. The second kappa shape index (κ2) is 6.31. The van der Waals surface area contributed by atoms with E-state index in [2.05, 4.69) is 17.6 Å².